The van der Waals surface area contributed by atoms with E-state index in [0.29, 0.717) is 19.3 Å². The van der Waals surface area contributed by atoms with E-state index in [1.54, 1.807) is 13.8 Å². The van der Waals surface area contributed by atoms with Crippen LogP contribution in [0.15, 0.2) is 30.3 Å². The first kappa shape index (κ1) is 26.8. The lowest BCUT2D eigenvalue weighted by Crippen LogP contribution is -2.58. The molecule has 1 aromatic carbocycles. The Balaban J connectivity index is 2.08. The summed E-state index contributed by atoms with van der Waals surface area (Å²) in [5, 5.41) is 14.2. The van der Waals surface area contributed by atoms with Gasteiger partial charge < -0.3 is 32.1 Å². The summed E-state index contributed by atoms with van der Waals surface area (Å²) in [6.45, 7) is 3.81. The van der Waals surface area contributed by atoms with Gasteiger partial charge >= 0.3 is 5.97 Å². The van der Waals surface area contributed by atoms with Crippen LogP contribution in [0.5, 0.6) is 0 Å². The second-order valence-corrected chi connectivity index (χ2v) is 8.79. The molecular weight excluding hydrogens is 442 g/mol. The number of nitrogens with one attached hydrogen (secondary N) is 2. The lowest BCUT2D eigenvalue weighted by Gasteiger charge is -2.31. The van der Waals surface area contributed by atoms with Gasteiger partial charge in [0, 0.05) is 6.54 Å². The fraction of sp³-hybridized carbons (Fsp3) is 0.522. The van der Waals surface area contributed by atoms with Gasteiger partial charge in [0.15, 0.2) is 0 Å². The Kier molecular flexibility index (Phi) is 9.55. The van der Waals surface area contributed by atoms with E-state index in [-0.39, 0.29) is 12.5 Å². The summed E-state index contributed by atoms with van der Waals surface area (Å²) >= 11 is 0. The monoisotopic (exact) mass is 475 g/mol. The van der Waals surface area contributed by atoms with E-state index in [1.165, 1.54) is 4.90 Å². The molecule has 0 aromatic heterocycles. The second-order valence-electron chi connectivity index (χ2n) is 8.79. The van der Waals surface area contributed by atoms with Crippen LogP contribution in [-0.2, 0) is 30.4 Å². The summed E-state index contributed by atoms with van der Waals surface area (Å²) in [7, 11) is 0. The predicted octanol–water partition coefficient (Wildman–Crippen LogP) is -0.867. The number of primary amides is 1. The van der Waals surface area contributed by atoms with Crippen LogP contribution >= 0.6 is 0 Å². The van der Waals surface area contributed by atoms with Crippen LogP contribution in [0, 0.1) is 5.92 Å². The number of hydrogen-bond donors (Lipinski definition) is 5. The van der Waals surface area contributed by atoms with Gasteiger partial charge in [-0.1, -0.05) is 44.2 Å². The minimum Gasteiger partial charge on any atom is -0.480 e. The fourth-order valence-corrected chi connectivity index (χ4v) is 3.89. The molecule has 11 heteroatoms. The molecule has 11 nitrogen and oxygen atoms in total. The average molecular weight is 476 g/mol. The molecule has 1 heterocycles. The van der Waals surface area contributed by atoms with Crippen LogP contribution in [0.25, 0.3) is 0 Å². The largest absolute Gasteiger partial charge is 0.480 e. The maximum absolute atomic E-state index is 13.3. The predicted molar refractivity (Wildman–Crippen MR) is 123 cm³/mol. The molecule has 2 rings (SSSR count). The lowest BCUT2D eigenvalue weighted by molar-refractivity contribution is -0.146. The minimum atomic E-state index is -1.49. The van der Waals surface area contributed by atoms with Crippen molar-refractivity contribution in [2.75, 3.05) is 6.54 Å². The van der Waals surface area contributed by atoms with E-state index in [0.717, 1.165) is 5.56 Å². The molecule has 4 amide bonds. The lowest BCUT2D eigenvalue weighted by atomic mass is 10.0. The van der Waals surface area contributed by atoms with Crippen molar-refractivity contribution in [3.8, 4) is 0 Å². The van der Waals surface area contributed by atoms with E-state index in [1.807, 2.05) is 30.3 Å². The summed E-state index contributed by atoms with van der Waals surface area (Å²) in [5.74, 6) is -4.18. The minimum absolute atomic E-state index is 0.277. The van der Waals surface area contributed by atoms with Crippen molar-refractivity contribution in [3.05, 3.63) is 35.9 Å². The van der Waals surface area contributed by atoms with E-state index >= 15 is 0 Å². The summed E-state index contributed by atoms with van der Waals surface area (Å²) in [5.41, 5.74) is 12.0. The zero-order valence-corrected chi connectivity index (χ0v) is 19.4. The maximum Gasteiger partial charge on any atom is 0.326 e. The van der Waals surface area contributed by atoms with Crippen molar-refractivity contribution in [2.45, 2.75) is 63.7 Å². The topological polar surface area (TPSA) is 185 Å². The molecule has 0 saturated carbocycles. The molecule has 0 aliphatic carbocycles. The standard InChI is InChI=1S/C23H33N5O6/c1-13(2)19(27-20(30)15(24)11-14-7-4-3-5-8-14)22(32)28-10-6-9-17(28)21(31)26-16(23(33)34)12-18(25)29/h3-5,7-8,13,15-17,19H,6,9-12,24H2,1-2H3,(H2,25,29)(H,26,31)(H,27,30)(H,33,34). The summed E-state index contributed by atoms with van der Waals surface area (Å²) in [6, 6.07) is 5.08. The van der Waals surface area contributed by atoms with E-state index in [4.69, 9.17) is 11.5 Å². The first-order chi connectivity index (χ1) is 16.0. The Morgan fingerprint density at radius 3 is 2.32 bits per heavy atom. The third kappa shape index (κ3) is 7.27. The van der Waals surface area contributed by atoms with Gasteiger partial charge in [0.05, 0.1) is 12.5 Å². The Labute approximate surface area is 198 Å². The van der Waals surface area contributed by atoms with Crippen molar-refractivity contribution in [2.24, 2.45) is 17.4 Å². The number of carboxylic acids is 1. The number of rotatable bonds is 11. The number of hydrogen-bond acceptors (Lipinski definition) is 6. The van der Waals surface area contributed by atoms with Crippen LogP contribution in [-0.4, -0.2) is 70.3 Å². The molecule has 1 saturated heterocycles. The molecular formula is C23H33N5O6. The van der Waals surface area contributed by atoms with Gasteiger partial charge in [-0.15, -0.1) is 0 Å². The number of amides is 4. The maximum atomic E-state index is 13.3. The molecule has 0 bridgehead atoms. The zero-order valence-electron chi connectivity index (χ0n) is 19.4. The molecule has 4 atom stereocenters. The number of nitrogens with two attached hydrogens (primary N) is 2. The van der Waals surface area contributed by atoms with Crippen LogP contribution < -0.4 is 22.1 Å². The smallest absolute Gasteiger partial charge is 0.326 e. The first-order valence-electron chi connectivity index (χ1n) is 11.2. The Hall–Kier alpha value is -3.47. The molecule has 0 spiro atoms. The molecule has 186 valence electrons. The second kappa shape index (κ2) is 12.1. The highest BCUT2D eigenvalue weighted by Gasteiger charge is 2.40. The molecule has 4 unspecified atom stereocenters. The van der Waals surface area contributed by atoms with Crippen LogP contribution in [0.3, 0.4) is 0 Å². The van der Waals surface area contributed by atoms with Gasteiger partial charge in [-0.25, -0.2) is 4.79 Å². The quantitative estimate of drug-likeness (QED) is 0.275. The van der Waals surface area contributed by atoms with Gasteiger partial charge in [0.2, 0.25) is 23.6 Å². The number of likely N-dealkylation sites (tertiary alicyclic amines) is 1. The third-order valence-electron chi connectivity index (χ3n) is 5.72. The number of carboxylic acid groups (broad SMARTS) is 1. The number of nitrogens with zero attached hydrogens (tertiary/aromatic N) is 1. The van der Waals surface area contributed by atoms with Crippen LogP contribution in [0.1, 0.15) is 38.7 Å². The molecule has 7 N–H and O–H groups in total. The van der Waals surface area contributed by atoms with Gasteiger partial charge in [0.1, 0.15) is 18.1 Å². The first-order valence-corrected chi connectivity index (χ1v) is 11.2. The van der Waals surface area contributed by atoms with E-state index < -0.39 is 60.2 Å². The highest BCUT2D eigenvalue weighted by Crippen LogP contribution is 2.21. The molecule has 34 heavy (non-hydrogen) atoms. The highest BCUT2D eigenvalue weighted by molar-refractivity contribution is 5.95. The molecule has 1 aromatic rings. The molecule has 0 radical (unpaired) electrons. The van der Waals surface area contributed by atoms with Gasteiger partial charge in [0.25, 0.3) is 0 Å². The Bertz CT molecular complexity index is 906. The van der Waals surface area contributed by atoms with E-state index in [2.05, 4.69) is 10.6 Å². The highest BCUT2D eigenvalue weighted by atomic mass is 16.4. The van der Waals surface area contributed by atoms with Gasteiger partial charge in [-0.3, -0.25) is 19.2 Å². The normalized spacial score (nSPS) is 18.1. The van der Waals surface area contributed by atoms with Crippen molar-refractivity contribution >= 4 is 29.6 Å². The zero-order chi connectivity index (χ0) is 25.4. The third-order valence-corrected chi connectivity index (χ3v) is 5.72. The Morgan fingerprint density at radius 2 is 1.76 bits per heavy atom. The number of carbonyl (C=O) groups excluding carboxylic acids is 4. The summed E-state index contributed by atoms with van der Waals surface area (Å²) in [4.78, 5) is 62.6. The summed E-state index contributed by atoms with van der Waals surface area (Å²) < 4.78 is 0. The Morgan fingerprint density at radius 1 is 1.12 bits per heavy atom. The van der Waals surface area contributed by atoms with E-state index in [9.17, 15) is 29.1 Å². The summed E-state index contributed by atoms with van der Waals surface area (Å²) in [6.07, 6.45) is 0.596. The number of carbonyl (C=O) groups is 5. The van der Waals surface area contributed by atoms with Crippen molar-refractivity contribution < 1.29 is 29.1 Å². The number of aliphatic carboxylic acids is 1. The van der Waals surface area contributed by atoms with Gasteiger partial charge in [-0.2, -0.15) is 0 Å². The SMILES string of the molecule is CC(C)C(NC(=O)C(N)Cc1ccccc1)C(=O)N1CCCC1C(=O)NC(CC(N)=O)C(=O)O. The van der Waals surface area contributed by atoms with Gasteiger partial charge in [-0.05, 0) is 30.7 Å². The molecule has 1 aliphatic heterocycles. The fourth-order valence-electron chi connectivity index (χ4n) is 3.89. The van der Waals surface area contributed by atoms with Crippen LogP contribution in [0.2, 0.25) is 0 Å². The van der Waals surface area contributed by atoms with Crippen LogP contribution in [0.4, 0.5) is 0 Å². The number of benzene rings is 1. The average Bonchev–Trinajstić information content (AvgIpc) is 3.26. The van der Waals surface area contributed by atoms with Crippen molar-refractivity contribution in [1.82, 2.24) is 15.5 Å². The molecule has 1 fully saturated rings. The molecule has 1 aliphatic rings. The van der Waals surface area contributed by atoms with Crippen molar-refractivity contribution in [3.63, 3.8) is 0 Å². The van der Waals surface area contributed by atoms with Crippen molar-refractivity contribution in [1.29, 1.82) is 0 Å².